The molecule has 0 aliphatic carbocycles. The number of aromatic nitrogens is 1. The van der Waals surface area contributed by atoms with E-state index in [0.29, 0.717) is 13.1 Å². The Morgan fingerprint density at radius 2 is 1.95 bits per heavy atom. The molecule has 0 spiro atoms. The number of anilines is 1. The SMILES string of the molecule is CC(=O)NCCNc1c(C)c(C)nc2ccccc12. The molecule has 0 fully saturated rings. The van der Waals surface area contributed by atoms with E-state index in [0.717, 1.165) is 27.8 Å². The van der Waals surface area contributed by atoms with Crippen LogP contribution in [0.25, 0.3) is 10.9 Å². The van der Waals surface area contributed by atoms with Crippen molar-refractivity contribution in [2.75, 3.05) is 18.4 Å². The Kier molecular flexibility index (Phi) is 4.00. The van der Waals surface area contributed by atoms with Gasteiger partial charge in [0.25, 0.3) is 0 Å². The maximum absolute atomic E-state index is 10.8. The molecule has 1 aromatic carbocycles. The first-order valence-corrected chi connectivity index (χ1v) is 6.44. The third-order valence-corrected chi connectivity index (χ3v) is 3.18. The van der Waals surface area contributed by atoms with Gasteiger partial charge in [0.2, 0.25) is 5.91 Å². The molecule has 0 aliphatic heterocycles. The molecule has 0 radical (unpaired) electrons. The van der Waals surface area contributed by atoms with E-state index in [4.69, 9.17) is 0 Å². The maximum Gasteiger partial charge on any atom is 0.216 e. The summed E-state index contributed by atoms with van der Waals surface area (Å²) in [6.45, 7) is 6.92. The van der Waals surface area contributed by atoms with E-state index in [1.807, 2.05) is 25.1 Å². The number of rotatable bonds is 4. The second-order valence-electron chi connectivity index (χ2n) is 4.62. The molecule has 0 bridgehead atoms. The summed E-state index contributed by atoms with van der Waals surface area (Å²) in [4.78, 5) is 15.4. The zero-order chi connectivity index (χ0) is 13.8. The molecular weight excluding hydrogens is 238 g/mol. The van der Waals surface area contributed by atoms with Crippen LogP contribution in [-0.2, 0) is 4.79 Å². The molecule has 100 valence electrons. The van der Waals surface area contributed by atoms with E-state index in [-0.39, 0.29) is 5.91 Å². The summed E-state index contributed by atoms with van der Waals surface area (Å²) < 4.78 is 0. The first-order valence-electron chi connectivity index (χ1n) is 6.44. The van der Waals surface area contributed by atoms with Gasteiger partial charge in [0.15, 0.2) is 0 Å². The first-order chi connectivity index (χ1) is 9.09. The Hall–Kier alpha value is -2.10. The molecule has 0 unspecified atom stereocenters. The Morgan fingerprint density at radius 3 is 2.68 bits per heavy atom. The third-order valence-electron chi connectivity index (χ3n) is 3.18. The van der Waals surface area contributed by atoms with Crippen LogP contribution in [0.2, 0.25) is 0 Å². The summed E-state index contributed by atoms with van der Waals surface area (Å²) >= 11 is 0. The summed E-state index contributed by atoms with van der Waals surface area (Å²) in [7, 11) is 0. The van der Waals surface area contributed by atoms with Gasteiger partial charge in [-0.1, -0.05) is 18.2 Å². The number of pyridine rings is 1. The largest absolute Gasteiger partial charge is 0.382 e. The van der Waals surface area contributed by atoms with E-state index in [2.05, 4.69) is 28.6 Å². The van der Waals surface area contributed by atoms with Crippen molar-refractivity contribution in [1.82, 2.24) is 10.3 Å². The molecule has 0 aliphatic rings. The van der Waals surface area contributed by atoms with Gasteiger partial charge in [0.1, 0.15) is 0 Å². The van der Waals surface area contributed by atoms with Crippen molar-refractivity contribution in [3.63, 3.8) is 0 Å². The summed E-state index contributed by atoms with van der Waals surface area (Å²) in [5, 5.41) is 7.30. The van der Waals surface area contributed by atoms with Crippen molar-refractivity contribution < 1.29 is 4.79 Å². The van der Waals surface area contributed by atoms with E-state index in [1.54, 1.807) is 0 Å². The van der Waals surface area contributed by atoms with E-state index < -0.39 is 0 Å². The van der Waals surface area contributed by atoms with Gasteiger partial charge < -0.3 is 10.6 Å². The molecule has 2 rings (SSSR count). The maximum atomic E-state index is 10.8. The smallest absolute Gasteiger partial charge is 0.216 e. The van der Waals surface area contributed by atoms with Crippen molar-refractivity contribution >= 4 is 22.5 Å². The minimum Gasteiger partial charge on any atom is -0.382 e. The van der Waals surface area contributed by atoms with Gasteiger partial charge in [-0.3, -0.25) is 9.78 Å². The van der Waals surface area contributed by atoms with Gasteiger partial charge in [0.05, 0.1) is 5.52 Å². The highest BCUT2D eigenvalue weighted by Gasteiger charge is 2.08. The number of benzene rings is 1. The molecule has 4 nitrogen and oxygen atoms in total. The van der Waals surface area contributed by atoms with E-state index in [9.17, 15) is 4.79 Å². The summed E-state index contributed by atoms with van der Waals surface area (Å²) in [6.07, 6.45) is 0. The molecule has 2 aromatic rings. The average molecular weight is 257 g/mol. The molecule has 0 saturated heterocycles. The summed E-state index contributed by atoms with van der Waals surface area (Å²) in [5.41, 5.74) is 4.28. The zero-order valence-electron chi connectivity index (χ0n) is 11.6. The van der Waals surface area contributed by atoms with Crippen LogP contribution in [-0.4, -0.2) is 24.0 Å². The monoisotopic (exact) mass is 257 g/mol. The standard InChI is InChI=1S/C15H19N3O/c1-10-11(2)18-14-7-5-4-6-13(14)15(10)17-9-8-16-12(3)19/h4-7H,8-9H2,1-3H3,(H,16,19)(H,17,18). The van der Waals surface area contributed by atoms with Crippen LogP contribution in [0.5, 0.6) is 0 Å². The molecular formula is C15H19N3O. The number of carbonyl (C=O) groups is 1. The lowest BCUT2D eigenvalue weighted by Gasteiger charge is -2.14. The van der Waals surface area contributed by atoms with Crippen LogP contribution in [0.15, 0.2) is 24.3 Å². The minimum atomic E-state index is -0.00529. The van der Waals surface area contributed by atoms with Crippen LogP contribution >= 0.6 is 0 Å². The van der Waals surface area contributed by atoms with Gasteiger partial charge in [-0.05, 0) is 25.5 Å². The quantitative estimate of drug-likeness (QED) is 0.827. The van der Waals surface area contributed by atoms with Crippen molar-refractivity contribution in [2.45, 2.75) is 20.8 Å². The Balaban J connectivity index is 2.25. The first kappa shape index (κ1) is 13.3. The van der Waals surface area contributed by atoms with Crippen molar-refractivity contribution in [3.8, 4) is 0 Å². The van der Waals surface area contributed by atoms with Gasteiger partial charge in [-0.2, -0.15) is 0 Å². The van der Waals surface area contributed by atoms with Crippen LogP contribution in [0, 0.1) is 13.8 Å². The number of para-hydroxylation sites is 1. The lowest BCUT2D eigenvalue weighted by atomic mass is 10.1. The predicted octanol–water partition coefficient (Wildman–Crippen LogP) is 2.40. The molecule has 19 heavy (non-hydrogen) atoms. The molecule has 0 atom stereocenters. The number of carbonyl (C=O) groups excluding carboxylic acids is 1. The Labute approximate surface area is 113 Å². The van der Waals surface area contributed by atoms with Crippen molar-refractivity contribution in [3.05, 3.63) is 35.5 Å². The number of nitrogens with zero attached hydrogens (tertiary/aromatic N) is 1. The average Bonchev–Trinajstić information content (AvgIpc) is 2.38. The van der Waals surface area contributed by atoms with Gasteiger partial charge >= 0.3 is 0 Å². The van der Waals surface area contributed by atoms with E-state index in [1.165, 1.54) is 6.92 Å². The van der Waals surface area contributed by atoms with E-state index >= 15 is 0 Å². The van der Waals surface area contributed by atoms with Crippen LogP contribution in [0.3, 0.4) is 0 Å². The van der Waals surface area contributed by atoms with Crippen LogP contribution < -0.4 is 10.6 Å². The fourth-order valence-corrected chi connectivity index (χ4v) is 2.08. The highest BCUT2D eigenvalue weighted by Crippen LogP contribution is 2.27. The predicted molar refractivity (Wildman–Crippen MR) is 78.4 cm³/mol. The number of hydrogen-bond acceptors (Lipinski definition) is 3. The third kappa shape index (κ3) is 3.02. The van der Waals surface area contributed by atoms with Gasteiger partial charge in [-0.25, -0.2) is 0 Å². The molecule has 0 saturated carbocycles. The highest BCUT2D eigenvalue weighted by molar-refractivity contribution is 5.93. The molecule has 4 heteroatoms. The fraction of sp³-hybridized carbons (Fsp3) is 0.333. The number of fused-ring (bicyclic) bond motifs is 1. The number of nitrogens with one attached hydrogen (secondary N) is 2. The van der Waals surface area contributed by atoms with Crippen LogP contribution in [0.4, 0.5) is 5.69 Å². The molecule has 2 N–H and O–H groups in total. The Bertz CT molecular complexity index is 608. The number of amides is 1. The van der Waals surface area contributed by atoms with Crippen molar-refractivity contribution in [1.29, 1.82) is 0 Å². The number of aryl methyl sites for hydroxylation is 1. The lowest BCUT2D eigenvalue weighted by Crippen LogP contribution is -2.26. The van der Waals surface area contributed by atoms with Crippen molar-refractivity contribution in [2.24, 2.45) is 0 Å². The highest BCUT2D eigenvalue weighted by atomic mass is 16.1. The normalized spacial score (nSPS) is 10.5. The summed E-state index contributed by atoms with van der Waals surface area (Å²) in [6, 6.07) is 8.08. The van der Waals surface area contributed by atoms with Crippen LogP contribution in [0.1, 0.15) is 18.2 Å². The topological polar surface area (TPSA) is 54.0 Å². The lowest BCUT2D eigenvalue weighted by molar-refractivity contribution is -0.118. The molecule has 1 aromatic heterocycles. The minimum absolute atomic E-state index is 0.00529. The van der Waals surface area contributed by atoms with Gasteiger partial charge in [0, 0.05) is 36.8 Å². The number of hydrogen-bond donors (Lipinski definition) is 2. The zero-order valence-corrected chi connectivity index (χ0v) is 11.6. The Morgan fingerprint density at radius 1 is 1.21 bits per heavy atom. The molecule has 1 amide bonds. The molecule has 1 heterocycles. The fourth-order valence-electron chi connectivity index (χ4n) is 2.08. The second-order valence-corrected chi connectivity index (χ2v) is 4.62. The second kappa shape index (κ2) is 5.69. The summed E-state index contributed by atoms with van der Waals surface area (Å²) in [5.74, 6) is -0.00529. The van der Waals surface area contributed by atoms with Gasteiger partial charge in [-0.15, -0.1) is 0 Å².